The molecule has 28 heavy (non-hydrogen) atoms. The van der Waals surface area contributed by atoms with E-state index in [1.165, 1.54) is 0 Å². The van der Waals surface area contributed by atoms with Crippen LogP contribution in [0.5, 0.6) is 5.75 Å². The number of nitrogens with zero attached hydrogens (tertiary/aromatic N) is 3. The van der Waals surface area contributed by atoms with Crippen molar-refractivity contribution in [2.45, 2.75) is 18.6 Å². The first-order valence-electron chi connectivity index (χ1n) is 9.64. The van der Waals surface area contributed by atoms with Crippen molar-refractivity contribution < 1.29 is 19.4 Å². The summed E-state index contributed by atoms with van der Waals surface area (Å²) in [5.74, 6) is 0.736. The van der Waals surface area contributed by atoms with E-state index in [2.05, 4.69) is 15.1 Å². The zero-order valence-electron chi connectivity index (χ0n) is 16.0. The zero-order chi connectivity index (χ0) is 19.5. The summed E-state index contributed by atoms with van der Waals surface area (Å²) < 4.78 is 10.5. The van der Waals surface area contributed by atoms with Gasteiger partial charge in [-0.05, 0) is 36.8 Å². The van der Waals surface area contributed by atoms with Crippen LogP contribution in [0.2, 0.25) is 0 Å². The molecule has 0 aliphatic carbocycles. The normalized spacial score (nSPS) is 23.6. The van der Waals surface area contributed by atoms with Gasteiger partial charge in [0.15, 0.2) is 0 Å². The highest BCUT2D eigenvalue weighted by molar-refractivity contribution is 5.93. The van der Waals surface area contributed by atoms with Crippen LogP contribution < -0.4 is 4.74 Å². The Balaban J connectivity index is 1.41. The smallest absolute Gasteiger partial charge is 0.271 e. The molecular weight excluding hydrogens is 360 g/mol. The van der Waals surface area contributed by atoms with Crippen LogP contribution in [0.1, 0.15) is 16.9 Å². The van der Waals surface area contributed by atoms with Gasteiger partial charge >= 0.3 is 0 Å². The van der Waals surface area contributed by atoms with Gasteiger partial charge < -0.3 is 19.5 Å². The fourth-order valence-electron chi connectivity index (χ4n) is 3.86. The van der Waals surface area contributed by atoms with E-state index in [9.17, 15) is 9.90 Å². The van der Waals surface area contributed by atoms with E-state index in [0.717, 1.165) is 36.5 Å². The summed E-state index contributed by atoms with van der Waals surface area (Å²) in [6, 6.07) is 9.40. The van der Waals surface area contributed by atoms with Gasteiger partial charge in [0.2, 0.25) is 0 Å². The van der Waals surface area contributed by atoms with Gasteiger partial charge in [0, 0.05) is 31.7 Å². The number of H-pyrrole nitrogens is 1. The molecule has 2 saturated heterocycles. The lowest BCUT2D eigenvalue weighted by Crippen LogP contribution is -2.45. The topological polar surface area (TPSA) is 90.9 Å². The van der Waals surface area contributed by atoms with Crippen LogP contribution in [0.25, 0.3) is 11.3 Å². The molecule has 2 aliphatic rings. The largest absolute Gasteiger partial charge is 0.497 e. The Labute approximate surface area is 164 Å². The highest BCUT2D eigenvalue weighted by Gasteiger charge is 2.33. The van der Waals surface area contributed by atoms with Gasteiger partial charge in [-0.25, -0.2) is 0 Å². The molecule has 0 saturated carbocycles. The first kappa shape index (κ1) is 18.9. The molecule has 0 radical (unpaired) electrons. The van der Waals surface area contributed by atoms with Crippen LogP contribution >= 0.6 is 0 Å². The Bertz CT molecular complexity index is 807. The van der Waals surface area contributed by atoms with Crippen molar-refractivity contribution in [2.24, 2.45) is 0 Å². The molecule has 1 aromatic heterocycles. The van der Waals surface area contributed by atoms with Crippen molar-refractivity contribution >= 4 is 5.91 Å². The summed E-state index contributed by atoms with van der Waals surface area (Å²) in [6.45, 7) is 3.85. The molecule has 2 N–H and O–H groups in total. The van der Waals surface area contributed by atoms with Crippen LogP contribution in [0.3, 0.4) is 0 Å². The number of ether oxygens (including phenoxy) is 2. The number of aromatic nitrogens is 2. The van der Waals surface area contributed by atoms with Crippen molar-refractivity contribution in [3.05, 3.63) is 36.0 Å². The van der Waals surface area contributed by atoms with Crippen LogP contribution in [0.4, 0.5) is 0 Å². The summed E-state index contributed by atoms with van der Waals surface area (Å²) in [5.41, 5.74) is 2.14. The van der Waals surface area contributed by atoms with Crippen LogP contribution in [0, 0.1) is 0 Å². The Hall–Kier alpha value is -2.42. The third kappa shape index (κ3) is 3.89. The maximum absolute atomic E-state index is 12.9. The van der Waals surface area contributed by atoms with E-state index >= 15 is 0 Å². The molecule has 2 atom stereocenters. The molecule has 8 nitrogen and oxygen atoms in total. The fraction of sp³-hybridized carbons (Fsp3) is 0.500. The maximum atomic E-state index is 12.9. The summed E-state index contributed by atoms with van der Waals surface area (Å²) >= 11 is 0. The first-order chi connectivity index (χ1) is 13.7. The monoisotopic (exact) mass is 386 g/mol. The second-order valence-corrected chi connectivity index (χ2v) is 7.25. The number of amides is 1. The number of aromatic amines is 1. The number of benzene rings is 1. The van der Waals surface area contributed by atoms with Crippen molar-refractivity contribution in [3.63, 3.8) is 0 Å². The number of rotatable bonds is 4. The third-order valence-electron chi connectivity index (χ3n) is 5.50. The maximum Gasteiger partial charge on any atom is 0.271 e. The average molecular weight is 386 g/mol. The van der Waals surface area contributed by atoms with Crippen molar-refractivity contribution in [1.82, 2.24) is 20.0 Å². The summed E-state index contributed by atoms with van der Waals surface area (Å²) in [4.78, 5) is 17.0. The number of carbonyl (C=O) groups is 1. The zero-order valence-corrected chi connectivity index (χ0v) is 16.0. The standard InChI is InChI=1S/C20H26N4O4/c1-27-15-5-3-14(4-6-15)16-11-17(22-21-16)20(26)24-8-2-7-23(9-10-24)18-12-28-13-19(18)25/h3-6,11,18-19,25H,2,7-10,12-13H2,1H3,(H,21,22)/t18-,19-/m1/s1. The number of nitrogens with one attached hydrogen (secondary N) is 1. The Morgan fingerprint density at radius 3 is 2.75 bits per heavy atom. The van der Waals surface area contributed by atoms with Gasteiger partial charge in [-0.3, -0.25) is 14.8 Å². The van der Waals surface area contributed by atoms with E-state index in [4.69, 9.17) is 9.47 Å². The Kier molecular flexibility index (Phi) is 5.61. The quantitative estimate of drug-likeness (QED) is 0.815. The van der Waals surface area contributed by atoms with Gasteiger partial charge in [-0.15, -0.1) is 0 Å². The minimum Gasteiger partial charge on any atom is -0.497 e. The van der Waals surface area contributed by atoms with Gasteiger partial charge in [0.1, 0.15) is 11.4 Å². The Morgan fingerprint density at radius 1 is 1.21 bits per heavy atom. The van der Waals surface area contributed by atoms with Crippen LogP contribution in [0.15, 0.2) is 30.3 Å². The van der Waals surface area contributed by atoms with E-state index in [1.807, 2.05) is 29.2 Å². The number of hydrogen-bond acceptors (Lipinski definition) is 6. The first-order valence-corrected chi connectivity index (χ1v) is 9.64. The van der Waals surface area contributed by atoms with Gasteiger partial charge in [-0.1, -0.05) is 0 Å². The highest BCUT2D eigenvalue weighted by Crippen LogP contribution is 2.22. The van der Waals surface area contributed by atoms with Gasteiger partial charge in [0.05, 0.1) is 38.2 Å². The fourth-order valence-corrected chi connectivity index (χ4v) is 3.86. The molecule has 3 heterocycles. The van der Waals surface area contributed by atoms with Crippen molar-refractivity contribution in [3.8, 4) is 17.0 Å². The van der Waals surface area contributed by atoms with Crippen molar-refractivity contribution in [1.29, 1.82) is 0 Å². The molecule has 1 aromatic carbocycles. The predicted octanol–water partition coefficient (Wildman–Crippen LogP) is 0.993. The molecule has 0 bridgehead atoms. The minimum absolute atomic E-state index is 0.0314. The molecule has 1 amide bonds. The summed E-state index contributed by atoms with van der Waals surface area (Å²) in [5, 5.41) is 17.2. The second kappa shape index (κ2) is 8.30. The number of methoxy groups -OCH3 is 1. The third-order valence-corrected chi connectivity index (χ3v) is 5.50. The number of aliphatic hydroxyl groups is 1. The molecule has 150 valence electrons. The molecule has 0 spiro atoms. The molecule has 2 aromatic rings. The molecular formula is C20H26N4O4. The SMILES string of the molecule is COc1ccc(-c2cc(C(=O)N3CCCN([C@@H]4COC[C@H]4O)CC3)[nH]n2)cc1. The molecule has 8 heteroatoms. The molecule has 2 aliphatic heterocycles. The minimum atomic E-state index is -0.443. The Morgan fingerprint density at radius 2 is 2.04 bits per heavy atom. The molecule has 4 rings (SSSR count). The predicted molar refractivity (Wildman–Crippen MR) is 103 cm³/mol. The van der Waals surface area contributed by atoms with E-state index in [0.29, 0.717) is 32.0 Å². The lowest BCUT2D eigenvalue weighted by atomic mass is 10.1. The number of carbonyl (C=O) groups excluding carboxylic acids is 1. The van der Waals surface area contributed by atoms with Gasteiger partial charge in [-0.2, -0.15) is 5.10 Å². The van der Waals surface area contributed by atoms with E-state index in [1.54, 1.807) is 13.2 Å². The van der Waals surface area contributed by atoms with E-state index in [-0.39, 0.29) is 11.9 Å². The highest BCUT2D eigenvalue weighted by atomic mass is 16.5. The van der Waals surface area contributed by atoms with E-state index < -0.39 is 6.10 Å². The van der Waals surface area contributed by atoms with Crippen LogP contribution in [-0.2, 0) is 4.74 Å². The summed E-state index contributed by atoms with van der Waals surface area (Å²) in [7, 11) is 1.63. The molecule has 0 unspecified atom stereocenters. The number of hydrogen-bond donors (Lipinski definition) is 2. The average Bonchev–Trinajstić information content (AvgIpc) is 3.31. The number of aliphatic hydroxyl groups excluding tert-OH is 1. The second-order valence-electron chi connectivity index (χ2n) is 7.25. The van der Waals surface area contributed by atoms with Crippen LogP contribution in [-0.4, -0.2) is 89.7 Å². The molecule has 2 fully saturated rings. The summed E-state index contributed by atoms with van der Waals surface area (Å²) in [6.07, 6.45) is 0.427. The van der Waals surface area contributed by atoms with Crippen molar-refractivity contribution in [2.75, 3.05) is 46.5 Å². The lowest BCUT2D eigenvalue weighted by Gasteiger charge is -2.28. The van der Waals surface area contributed by atoms with Gasteiger partial charge in [0.25, 0.3) is 5.91 Å². The lowest BCUT2D eigenvalue weighted by molar-refractivity contribution is 0.0720.